The Hall–Kier alpha value is -0.520. The molecule has 1 nitrogen and oxygen atoms in total. The van der Waals surface area contributed by atoms with Gasteiger partial charge in [-0.25, -0.2) is 8.78 Å². The molecule has 0 saturated carbocycles. The minimum Gasteiger partial charge on any atom is -0.291 e. The molecule has 0 atom stereocenters. The number of carbonyl (C=O) groups is 1. The quantitative estimate of drug-likeness (QED) is 0.602. The Kier molecular flexibility index (Phi) is 3.13. The standard InChI is InChI=1S/C8H5F2IO/c9-4-8(12)6-3-5(10)1-2-7(6)11/h1-3H,4H2. The normalized spacial score (nSPS) is 9.92. The van der Waals surface area contributed by atoms with Crippen molar-refractivity contribution in [2.45, 2.75) is 0 Å². The second-order valence-corrected chi connectivity index (χ2v) is 3.34. The number of rotatable bonds is 2. The van der Waals surface area contributed by atoms with E-state index in [0.29, 0.717) is 3.57 Å². The summed E-state index contributed by atoms with van der Waals surface area (Å²) in [5.41, 5.74) is 0.109. The maximum absolute atomic E-state index is 12.6. The molecule has 0 radical (unpaired) electrons. The molecule has 1 aromatic rings. The molecule has 1 aromatic carbocycles. The van der Waals surface area contributed by atoms with E-state index in [1.54, 1.807) is 0 Å². The van der Waals surface area contributed by atoms with Crippen molar-refractivity contribution in [1.82, 2.24) is 0 Å². The smallest absolute Gasteiger partial charge is 0.194 e. The fraction of sp³-hybridized carbons (Fsp3) is 0.125. The van der Waals surface area contributed by atoms with E-state index in [-0.39, 0.29) is 5.56 Å². The summed E-state index contributed by atoms with van der Waals surface area (Å²) in [7, 11) is 0. The third-order valence-electron chi connectivity index (χ3n) is 1.35. The van der Waals surface area contributed by atoms with Crippen LogP contribution in [0.5, 0.6) is 0 Å². The van der Waals surface area contributed by atoms with Gasteiger partial charge >= 0.3 is 0 Å². The highest BCUT2D eigenvalue weighted by atomic mass is 127. The average molecular weight is 282 g/mol. The fourth-order valence-electron chi connectivity index (χ4n) is 0.783. The van der Waals surface area contributed by atoms with Crippen LogP contribution in [0.3, 0.4) is 0 Å². The van der Waals surface area contributed by atoms with Gasteiger partial charge in [-0.1, -0.05) is 0 Å². The van der Waals surface area contributed by atoms with Gasteiger partial charge in [-0.05, 0) is 40.8 Å². The molecule has 0 aliphatic rings. The van der Waals surface area contributed by atoms with E-state index >= 15 is 0 Å². The molecule has 4 heteroatoms. The molecular weight excluding hydrogens is 277 g/mol. The molecule has 12 heavy (non-hydrogen) atoms. The molecule has 64 valence electrons. The first-order chi connectivity index (χ1) is 5.65. The van der Waals surface area contributed by atoms with E-state index in [1.807, 2.05) is 22.6 Å². The predicted molar refractivity (Wildman–Crippen MR) is 49.4 cm³/mol. The first-order valence-electron chi connectivity index (χ1n) is 3.19. The zero-order valence-corrected chi connectivity index (χ0v) is 8.14. The number of carbonyl (C=O) groups excluding carboxylic acids is 1. The van der Waals surface area contributed by atoms with Gasteiger partial charge in [0.15, 0.2) is 12.5 Å². The molecule has 0 saturated heterocycles. The van der Waals surface area contributed by atoms with Gasteiger partial charge in [0, 0.05) is 9.13 Å². The molecule has 0 fully saturated rings. The van der Waals surface area contributed by atoms with E-state index in [0.717, 1.165) is 6.07 Å². The van der Waals surface area contributed by atoms with Crippen molar-refractivity contribution >= 4 is 28.4 Å². The maximum atomic E-state index is 12.6. The van der Waals surface area contributed by atoms with Crippen molar-refractivity contribution in [2.75, 3.05) is 6.67 Å². The largest absolute Gasteiger partial charge is 0.291 e. The fourth-order valence-corrected chi connectivity index (χ4v) is 1.42. The predicted octanol–water partition coefficient (Wildman–Crippen LogP) is 2.58. The molecule has 0 unspecified atom stereocenters. The molecule has 0 bridgehead atoms. The Morgan fingerprint density at radius 3 is 2.75 bits per heavy atom. The van der Waals surface area contributed by atoms with Crippen LogP contribution in [0.4, 0.5) is 8.78 Å². The number of hydrogen-bond donors (Lipinski definition) is 0. The summed E-state index contributed by atoms with van der Waals surface area (Å²) < 4.78 is 25.0. The Balaban J connectivity index is 3.13. The number of halogens is 3. The lowest BCUT2D eigenvalue weighted by atomic mass is 10.1. The van der Waals surface area contributed by atoms with Gasteiger partial charge in [-0.3, -0.25) is 4.79 Å². The van der Waals surface area contributed by atoms with Crippen molar-refractivity contribution in [3.8, 4) is 0 Å². The van der Waals surface area contributed by atoms with Gasteiger partial charge in [-0.2, -0.15) is 0 Å². The highest BCUT2D eigenvalue weighted by Crippen LogP contribution is 2.14. The highest BCUT2D eigenvalue weighted by Gasteiger charge is 2.09. The molecule has 0 aromatic heterocycles. The molecular formula is C8H5F2IO. The van der Waals surface area contributed by atoms with Gasteiger partial charge in [0.2, 0.25) is 0 Å². The van der Waals surface area contributed by atoms with Gasteiger partial charge < -0.3 is 0 Å². The number of hydrogen-bond acceptors (Lipinski definition) is 1. The molecule has 0 N–H and O–H groups in total. The van der Waals surface area contributed by atoms with E-state index < -0.39 is 18.3 Å². The SMILES string of the molecule is O=C(CF)c1cc(F)ccc1I. The topological polar surface area (TPSA) is 17.1 Å². The van der Waals surface area contributed by atoms with Crippen LogP contribution in [-0.4, -0.2) is 12.5 Å². The van der Waals surface area contributed by atoms with Gasteiger partial charge in [0.05, 0.1) is 0 Å². The lowest BCUT2D eigenvalue weighted by molar-refractivity contribution is 0.0957. The summed E-state index contributed by atoms with van der Waals surface area (Å²) in [4.78, 5) is 10.8. The number of ketones is 1. The molecule has 0 heterocycles. The summed E-state index contributed by atoms with van der Waals surface area (Å²) in [6.07, 6.45) is 0. The summed E-state index contributed by atoms with van der Waals surface area (Å²) in [5.74, 6) is -1.20. The van der Waals surface area contributed by atoms with Crippen LogP contribution in [0, 0.1) is 9.39 Å². The van der Waals surface area contributed by atoms with Crippen LogP contribution in [0.25, 0.3) is 0 Å². The Morgan fingerprint density at radius 2 is 2.17 bits per heavy atom. The van der Waals surface area contributed by atoms with E-state index in [9.17, 15) is 13.6 Å². The first kappa shape index (κ1) is 9.57. The summed E-state index contributed by atoms with van der Waals surface area (Å²) >= 11 is 1.86. The number of benzene rings is 1. The lowest BCUT2D eigenvalue weighted by Gasteiger charge is -1.99. The van der Waals surface area contributed by atoms with Crippen LogP contribution in [0.2, 0.25) is 0 Å². The van der Waals surface area contributed by atoms with Crippen LogP contribution in [0.1, 0.15) is 10.4 Å². The number of alkyl halides is 1. The van der Waals surface area contributed by atoms with Gasteiger partial charge in [0.1, 0.15) is 5.82 Å². The van der Waals surface area contributed by atoms with Crippen LogP contribution in [0.15, 0.2) is 18.2 Å². The van der Waals surface area contributed by atoms with E-state index in [1.165, 1.54) is 12.1 Å². The highest BCUT2D eigenvalue weighted by molar-refractivity contribution is 14.1. The Bertz CT molecular complexity index is 312. The molecule has 1 rings (SSSR count). The van der Waals surface area contributed by atoms with Crippen molar-refractivity contribution in [3.63, 3.8) is 0 Å². The summed E-state index contributed by atoms with van der Waals surface area (Å²) in [5, 5.41) is 0. The van der Waals surface area contributed by atoms with Gasteiger partial charge in [-0.15, -0.1) is 0 Å². The Morgan fingerprint density at radius 1 is 1.50 bits per heavy atom. The number of Topliss-reactive ketones (excluding diaryl/α,β-unsaturated/α-hetero) is 1. The average Bonchev–Trinajstić information content (AvgIpc) is 2.08. The third-order valence-corrected chi connectivity index (χ3v) is 2.29. The monoisotopic (exact) mass is 282 g/mol. The van der Waals surface area contributed by atoms with Crippen LogP contribution >= 0.6 is 22.6 Å². The second-order valence-electron chi connectivity index (χ2n) is 2.18. The minimum atomic E-state index is -1.08. The van der Waals surface area contributed by atoms with Crippen molar-refractivity contribution in [1.29, 1.82) is 0 Å². The van der Waals surface area contributed by atoms with Crippen LogP contribution < -0.4 is 0 Å². The molecule has 0 spiro atoms. The second kappa shape index (κ2) is 3.93. The Labute approximate surface area is 81.9 Å². The third kappa shape index (κ3) is 2.00. The molecule has 0 aliphatic heterocycles. The van der Waals surface area contributed by atoms with Crippen LogP contribution in [-0.2, 0) is 0 Å². The summed E-state index contributed by atoms with van der Waals surface area (Å²) in [6, 6.07) is 3.72. The van der Waals surface area contributed by atoms with E-state index in [2.05, 4.69) is 0 Å². The van der Waals surface area contributed by atoms with E-state index in [4.69, 9.17) is 0 Å². The first-order valence-corrected chi connectivity index (χ1v) is 4.27. The zero-order chi connectivity index (χ0) is 9.14. The van der Waals surface area contributed by atoms with Crippen molar-refractivity contribution in [3.05, 3.63) is 33.1 Å². The zero-order valence-electron chi connectivity index (χ0n) is 5.98. The minimum absolute atomic E-state index is 0.109. The molecule has 0 amide bonds. The maximum Gasteiger partial charge on any atom is 0.194 e. The van der Waals surface area contributed by atoms with Gasteiger partial charge in [0.25, 0.3) is 0 Å². The lowest BCUT2D eigenvalue weighted by Crippen LogP contribution is -2.03. The summed E-state index contributed by atoms with van der Waals surface area (Å²) in [6.45, 7) is -1.08. The van der Waals surface area contributed by atoms with Crippen molar-refractivity contribution in [2.24, 2.45) is 0 Å². The molecule has 0 aliphatic carbocycles. The van der Waals surface area contributed by atoms with Crippen molar-refractivity contribution < 1.29 is 13.6 Å².